The lowest BCUT2D eigenvalue weighted by atomic mass is 10.0. The van der Waals surface area contributed by atoms with Crippen LogP contribution in [0.5, 0.6) is 11.5 Å². The maximum atomic E-state index is 11.2. The standard InChI is InChI=1S/C26H27ClN5O5P/c1-17-14-18(22-16-21(8-9-23(22)27)37-38(33,34)35)15-24-25(17)29-26(31-30-24)28-19-4-6-20(7-5-19)36-13-12-32-10-2-3-11-32/h4-9,14-16H,2-3,10-13H2,1H3,(H,28,29,31)(H2,33,34,35). The second-order valence-electron chi connectivity index (χ2n) is 9.07. The summed E-state index contributed by atoms with van der Waals surface area (Å²) >= 11 is 6.37. The number of anilines is 2. The quantitative estimate of drug-likeness (QED) is 0.232. The molecule has 3 N–H and O–H groups in total. The number of halogens is 1. The number of rotatable bonds is 9. The van der Waals surface area contributed by atoms with Crippen molar-refractivity contribution in [1.29, 1.82) is 0 Å². The molecule has 38 heavy (non-hydrogen) atoms. The van der Waals surface area contributed by atoms with Crippen LogP contribution in [0.15, 0.2) is 54.6 Å². The van der Waals surface area contributed by atoms with Gasteiger partial charge in [-0.2, -0.15) is 0 Å². The Morgan fingerprint density at radius 3 is 2.50 bits per heavy atom. The van der Waals surface area contributed by atoms with E-state index in [4.69, 9.17) is 30.6 Å². The average molecular weight is 556 g/mol. The maximum absolute atomic E-state index is 11.2. The second-order valence-corrected chi connectivity index (χ2v) is 10.6. The summed E-state index contributed by atoms with van der Waals surface area (Å²) in [6.07, 6.45) is 2.54. The van der Waals surface area contributed by atoms with E-state index < -0.39 is 7.82 Å². The van der Waals surface area contributed by atoms with Crippen LogP contribution in [-0.4, -0.2) is 56.1 Å². The van der Waals surface area contributed by atoms with Gasteiger partial charge in [-0.3, -0.25) is 14.7 Å². The van der Waals surface area contributed by atoms with Crippen molar-refractivity contribution in [2.45, 2.75) is 19.8 Å². The number of nitrogens with zero attached hydrogens (tertiary/aromatic N) is 4. The van der Waals surface area contributed by atoms with E-state index >= 15 is 0 Å². The van der Waals surface area contributed by atoms with E-state index in [0.717, 1.165) is 36.6 Å². The van der Waals surface area contributed by atoms with E-state index in [-0.39, 0.29) is 5.75 Å². The molecule has 1 aliphatic rings. The molecule has 0 bridgehead atoms. The predicted molar refractivity (Wildman–Crippen MR) is 146 cm³/mol. The molecule has 198 valence electrons. The highest BCUT2D eigenvalue weighted by Crippen LogP contribution is 2.41. The number of phosphoric acid groups is 1. The SMILES string of the molecule is Cc1cc(-c2cc(OP(=O)(O)O)ccc2Cl)cc2nnc(Nc3ccc(OCCN4CCCC4)cc3)nc12. The first-order valence-electron chi connectivity index (χ1n) is 12.2. The van der Waals surface area contributed by atoms with E-state index in [0.29, 0.717) is 39.7 Å². The lowest BCUT2D eigenvalue weighted by Crippen LogP contribution is -2.25. The highest BCUT2D eigenvalue weighted by Gasteiger charge is 2.18. The van der Waals surface area contributed by atoms with Gasteiger partial charge in [-0.05, 0) is 98.6 Å². The molecule has 0 radical (unpaired) electrons. The molecule has 0 amide bonds. The fourth-order valence-corrected chi connectivity index (χ4v) is 5.02. The van der Waals surface area contributed by atoms with Gasteiger partial charge in [0, 0.05) is 22.8 Å². The molecule has 1 fully saturated rings. The zero-order valence-electron chi connectivity index (χ0n) is 20.7. The number of hydrogen-bond donors (Lipinski definition) is 3. The summed E-state index contributed by atoms with van der Waals surface area (Å²) in [5.74, 6) is 1.16. The van der Waals surface area contributed by atoms with Crippen molar-refractivity contribution in [1.82, 2.24) is 20.1 Å². The smallest absolute Gasteiger partial charge is 0.492 e. The minimum atomic E-state index is -4.70. The predicted octanol–water partition coefficient (Wildman–Crippen LogP) is 5.34. The largest absolute Gasteiger partial charge is 0.524 e. The molecule has 3 aromatic carbocycles. The molecule has 4 aromatic rings. The van der Waals surface area contributed by atoms with Gasteiger partial charge in [-0.15, -0.1) is 10.2 Å². The lowest BCUT2D eigenvalue weighted by molar-refractivity contribution is 0.238. The van der Waals surface area contributed by atoms with Crippen molar-refractivity contribution < 1.29 is 23.6 Å². The molecule has 0 spiro atoms. The molecule has 5 rings (SSSR count). The van der Waals surface area contributed by atoms with Crippen molar-refractivity contribution in [2.75, 3.05) is 31.6 Å². The number of phosphoric ester groups is 1. The number of aryl methyl sites for hydroxylation is 1. The van der Waals surface area contributed by atoms with Crippen LogP contribution in [-0.2, 0) is 4.57 Å². The molecular weight excluding hydrogens is 529 g/mol. The summed E-state index contributed by atoms with van der Waals surface area (Å²) in [6, 6.07) is 15.7. The van der Waals surface area contributed by atoms with E-state index in [9.17, 15) is 4.57 Å². The molecule has 2 heterocycles. The van der Waals surface area contributed by atoms with Crippen LogP contribution in [0.1, 0.15) is 18.4 Å². The number of ether oxygens (including phenoxy) is 1. The molecule has 1 aliphatic heterocycles. The van der Waals surface area contributed by atoms with Gasteiger partial charge in [-0.1, -0.05) is 11.6 Å². The summed E-state index contributed by atoms with van der Waals surface area (Å²) in [5, 5.41) is 12.1. The van der Waals surface area contributed by atoms with E-state index in [1.807, 2.05) is 37.3 Å². The van der Waals surface area contributed by atoms with E-state index in [1.165, 1.54) is 31.0 Å². The van der Waals surface area contributed by atoms with Gasteiger partial charge < -0.3 is 14.6 Å². The molecule has 0 saturated carbocycles. The van der Waals surface area contributed by atoms with Gasteiger partial charge in [0.1, 0.15) is 23.6 Å². The van der Waals surface area contributed by atoms with Crippen molar-refractivity contribution in [3.63, 3.8) is 0 Å². The highest BCUT2D eigenvalue weighted by molar-refractivity contribution is 7.46. The minimum absolute atomic E-state index is 0.00208. The molecule has 0 aliphatic carbocycles. The van der Waals surface area contributed by atoms with Crippen LogP contribution in [0, 0.1) is 6.92 Å². The van der Waals surface area contributed by atoms with E-state index in [2.05, 4.69) is 25.4 Å². The Kier molecular flexibility index (Phi) is 7.78. The summed E-state index contributed by atoms with van der Waals surface area (Å²) in [4.78, 5) is 25.3. The third-order valence-corrected chi connectivity index (χ3v) is 6.99. The molecule has 1 saturated heterocycles. The van der Waals surface area contributed by atoms with Crippen LogP contribution in [0.25, 0.3) is 22.2 Å². The molecular formula is C26H27ClN5O5P. The van der Waals surface area contributed by atoms with Gasteiger partial charge in [0.05, 0.1) is 5.52 Å². The second kappa shape index (κ2) is 11.2. The Morgan fingerprint density at radius 1 is 1.03 bits per heavy atom. The zero-order chi connectivity index (χ0) is 26.7. The Labute approximate surface area is 224 Å². The molecule has 0 atom stereocenters. The normalized spacial score (nSPS) is 14.1. The van der Waals surface area contributed by atoms with Crippen LogP contribution >= 0.6 is 19.4 Å². The number of hydrogen-bond acceptors (Lipinski definition) is 8. The first-order valence-corrected chi connectivity index (χ1v) is 14.1. The van der Waals surface area contributed by atoms with E-state index in [1.54, 1.807) is 6.07 Å². The topological polar surface area (TPSA) is 130 Å². The third-order valence-electron chi connectivity index (χ3n) is 6.21. The Balaban J connectivity index is 1.30. The number of aromatic nitrogens is 3. The number of likely N-dealkylation sites (tertiary alicyclic amines) is 1. The number of fused-ring (bicyclic) bond motifs is 1. The lowest BCUT2D eigenvalue weighted by Gasteiger charge is -2.15. The first kappa shape index (κ1) is 26.3. The highest BCUT2D eigenvalue weighted by atomic mass is 35.5. The summed E-state index contributed by atoms with van der Waals surface area (Å²) in [6.45, 7) is 5.81. The minimum Gasteiger partial charge on any atom is -0.492 e. The fourth-order valence-electron chi connectivity index (χ4n) is 4.40. The van der Waals surface area contributed by atoms with Gasteiger partial charge in [0.15, 0.2) is 0 Å². The van der Waals surface area contributed by atoms with Crippen LogP contribution in [0.3, 0.4) is 0 Å². The van der Waals surface area contributed by atoms with Crippen molar-refractivity contribution >= 4 is 42.1 Å². The molecule has 12 heteroatoms. The van der Waals surface area contributed by atoms with Gasteiger partial charge in [-0.25, -0.2) is 9.55 Å². The summed E-state index contributed by atoms with van der Waals surface area (Å²) in [7, 11) is -4.70. The Hall–Kier alpha value is -3.27. The fraction of sp³-hybridized carbons (Fsp3) is 0.269. The Bertz CT molecular complexity index is 1490. The number of benzene rings is 3. The van der Waals surface area contributed by atoms with Crippen LogP contribution in [0.2, 0.25) is 5.02 Å². The monoisotopic (exact) mass is 555 g/mol. The van der Waals surface area contributed by atoms with Gasteiger partial charge in [0.2, 0.25) is 5.95 Å². The first-order chi connectivity index (χ1) is 18.2. The zero-order valence-corrected chi connectivity index (χ0v) is 22.3. The molecule has 0 unspecified atom stereocenters. The van der Waals surface area contributed by atoms with Crippen molar-refractivity contribution in [3.8, 4) is 22.6 Å². The number of nitrogens with one attached hydrogen (secondary N) is 1. The van der Waals surface area contributed by atoms with Crippen molar-refractivity contribution in [2.24, 2.45) is 0 Å². The summed E-state index contributed by atoms with van der Waals surface area (Å²) < 4.78 is 21.8. The molecule has 1 aromatic heterocycles. The van der Waals surface area contributed by atoms with Crippen LogP contribution in [0.4, 0.5) is 11.6 Å². The Morgan fingerprint density at radius 2 is 1.76 bits per heavy atom. The summed E-state index contributed by atoms with van der Waals surface area (Å²) in [5.41, 5.74) is 4.06. The van der Waals surface area contributed by atoms with Gasteiger partial charge >= 0.3 is 7.82 Å². The maximum Gasteiger partial charge on any atom is 0.524 e. The average Bonchev–Trinajstić information content (AvgIpc) is 3.39. The molecule has 10 nitrogen and oxygen atoms in total. The third kappa shape index (κ3) is 6.59. The van der Waals surface area contributed by atoms with Crippen LogP contribution < -0.4 is 14.6 Å². The van der Waals surface area contributed by atoms with Crippen molar-refractivity contribution in [3.05, 3.63) is 65.2 Å². The van der Waals surface area contributed by atoms with Gasteiger partial charge in [0.25, 0.3) is 0 Å².